The zero-order valence-electron chi connectivity index (χ0n) is 11.7. The Hall–Kier alpha value is -0.570. The van der Waals surface area contributed by atoms with Gasteiger partial charge in [-0.15, -0.1) is 0 Å². The number of carbonyl (C=O) groups excluding carboxylic acids is 1. The molecule has 0 radical (unpaired) electrons. The maximum Gasteiger partial charge on any atom is 0.242 e. The number of carbonyl (C=O) groups is 1. The molecule has 1 aliphatic rings. The molecule has 3 heteroatoms. The van der Waals surface area contributed by atoms with Crippen molar-refractivity contribution in [2.45, 2.75) is 64.8 Å². The zero-order chi connectivity index (χ0) is 12.7. The summed E-state index contributed by atoms with van der Waals surface area (Å²) in [6, 6.07) is 0. The first-order valence-corrected chi connectivity index (χ1v) is 7.18. The van der Waals surface area contributed by atoms with Gasteiger partial charge in [-0.25, -0.2) is 0 Å². The predicted molar refractivity (Wildman–Crippen MR) is 72.0 cm³/mol. The average Bonchev–Trinajstić information content (AvgIpc) is 2.77. The maximum absolute atomic E-state index is 12.5. The molecule has 100 valence electrons. The van der Waals surface area contributed by atoms with E-state index >= 15 is 0 Å². The van der Waals surface area contributed by atoms with Crippen molar-refractivity contribution in [3.8, 4) is 0 Å². The second-order valence-corrected chi connectivity index (χ2v) is 5.36. The highest BCUT2D eigenvalue weighted by molar-refractivity contribution is 5.86. The van der Waals surface area contributed by atoms with Gasteiger partial charge in [-0.1, -0.05) is 26.7 Å². The number of hydrogen-bond acceptors (Lipinski definition) is 2. The monoisotopic (exact) mass is 240 g/mol. The summed E-state index contributed by atoms with van der Waals surface area (Å²) in [6.07, 6.45) is 6.65. The molecule has 1 heterocycles. The van der Waals surface area contributed by atoms with Crippen LogP contribution in [0.5, 0.6) is 0 Å². The third-order valence-corrected chi connectivity index (χ3v) is 3.69. The summed E-state index contributed by atoms with van der Waals surface area (Å²) in [6.45, 7) is 9.25. The van der Waals surface area contributed by atoms with Gasteiger partial charge < -0.3 is 10.2 Å². The molecular formula is C14H28N2O. The van der Waals surface area contributed by atoms with E-state index in [1.165, 1.54) is 0 Å². The minimum absolute atomic E-state index is 0.290. The molecule has 0 aromatic heterocycles. The molecule has 0 spiro atoms. The highest BCUT2D eigenvalue weighted by Crippen LogP contribution is 2.21. The van der Waals surface area contributed by atoms with Gasteiger partial charge >= 0.3 is 0 Å². The fraction of sp³-hybridized carbons (Fsp3) is 0.929. The van der Waals surface area contributed by atoms with E-state index in [9.17, 15) is 4.79 Å². The second kappa shape index (κ2) is 7.00. The summed E-state index contributed by atoms with van der Waals surface area (Å²) in [5.74, 6) is 0.317. The van der Waals surface area contributed by atoms with Gasteiger partial charge in [0.2, 0.25) is 5.91 Å². The Bertz CT molecular complexity index is 226. The van der Waals surface area contributed by atoms with Crippen LogP contribution in [-0.4, -0.2) is 36.0 Å². The molecule has 0 saturated carbocycles. The van der Waals surface area contributed by atoms with Gasteiger partial charge in [0.1, 0.15) is 0 Å². The first kappa shape index (κ1) is 14.5. The van der Waals surface area contributed by atoms with Crippen molar-refractivity contribution >= 4 is 5.91 Å². The predicted octanol–water partition coefficient (Wildman–Crippen LogP) is 2.56. The van der Waals surface area contributed by atoms with Gasteiger partial charge in [0.15, 0.2) is 0 Å². The Labute approximate surface area is 106 Å². The minimum atomic E-state index is -0.290. The van der Waals surface area contributed by atoms with Crippen LogP contribution in [0.25, 0.3) is 0 Å². The lowest BCUT2D eigenvalue weighted by molar-refractivity contribution is -0.137. The van der Waals surface area contributed by atoms with E-state index in [2.05, 4.69) is 31.0 Å². The lowest BCUT2D eigenvalue weighted by Gasteiger charge is -2.32. The molecular weight excluding hydrogens is 212 g/mol. The highest BCUT2D eigenvalue weighted by Gasteiger charge is 2.38. The van der Waals surface area contributed by atoms with Crippen LogP contribution in [0.3, 0.4) is 0 Å². The van der Waals surface area contributed by atoms with Gasteiger partial charge in [0, 0.05) is 13.1 Å². The van der Waals surface area contributed by atoms with E-state index in [4.69, 9.17) is 0 Å². The van der Waals surface area contributed by atoms with Crippen molar-refractivity contribution in [3.63, 3.8) is 0 Å². The molecule has 0 aromatic carbocycles. The van der Waals surface area contributed by atoms with E-state index in [0.717, 1.165) is 58.2 Å². The van der Waals surface area contributed by atoms with E-state index in [0.29, 0.717) is 5.91 Å². The smallest absolute Gasteiger partial charge is 0.242 e. The topological polar surface area (TPSA) is 32.3 Å². The summed E-state index contributed by atoms with van der Waals surface area (Å²) in [7, 11) is 0. The van der Waals surface area contributed by atoms with Crippen molar-refractivity contribution in [2.24, 2.45) is 0 Å². The molecule has 17 heavy (non-hydrogen) atoms. The lowest BCUT2D eigenvalue weighted by Crippen LogP contribution is -2.53. The molecule has 1 atom stereocenters. The van der Waals surface area contributed by atoms with Crippen molar-refractivity contribution in [3.05, 3.63) is 0 Å². The molecule has 1 N–H and O–H groups in total. The average molecular weight is 240 g/mol. The zero-order valence-corrected chi connectivity index (χ0v) is 11.7. The molecule has 0 aliphatic carbocycles. The van der Waals surface area contributed by atoms with Crippen LogP contribution >= 0.6 is 0 Å². The Kier molecular flexibility index (Phi) is 5.96. The van der Waals surface area contributed by atoms with Gasteiger partial charge in [-0.2, -0.15) is 0 Å². The number of unbranched alkanes of at least 4 members (excludes halogenated alkanes) is 2. The number of nitrogens with one attached hydrogen (secondary N) is 1. The highest BCUT2D eigenvalue weighted by atomic mass is 16.2. The lowest BCUT2D eigenvalue weighted by atomic mass is 9.98. The Morgan fingerprint density at radius 1 is 1.24 bits per heavy atom. The Morgan fingerprint density at radius 3 is 2.24 bits per heavy atom. The summed E-state index contributed by atoms with van der Waals surface area (Å²) in [5.41, 5.74) is -0.290. The number of amides is 1. The largest absolute Gasteiger partial charge is 0.341 e. The van der Waals surface area contributed by atoms with Gasteiger partial charge in [0.25, 0.3) is 0 Å². The molecule has 3 nitrogen and oxygen atoms in total. The normalized spacial score (nSPS) is 23.9. The van der Waals surface area contributed by atoms with E-state index in [1.54, 1.807) is 0 Å². The van der Waals surface area contributed by atoms with Crippen molar-refractivity contribution in [1.82, 2.24) is 10.2 Å². The third-order valence-electron chi connectivity index (χ3n) is 3.69. The number of rotatable bonds is 7. The molecule has 0 aromatic rings. The van der Waals surface area contributed by atoms with Crippen LogP contribution in [0.4, 0.5) is 0 Å². The number of hydrogen-bond donors (Lipinski definition) is 1. The van der Waals surface area contributed by atoms with Crippen LogP contribution in [0, 0.1) is 0 Å². The first-order chi connectivity index (χ1) is 8.14. The quantitative estimate of drug-likeness (QED) is 0.742. The minimum Gasteiger partial charge on any atom is -0.341 e. The van der Waals surface area contributed by atoms with Crippen LogP contribution in [0.15, 0.2) is 0 Å². The third kappa shape index (κ3) is 3.98. The molecule has 1 aliphatic heterocycles. The summed E-state index contributed by atoms with van der Waals surface area (Å²) in [4.78, 5) is 14.6. The second-order valence-electron chi connectivity index (χ2n) is 5.36. The molecule has 1 unspecified atom stereocenters. The summed E-state index contributed by atoms with van der Waals surface area (Å²) < 4.78 is 0. The van der Waals surface area contributed by atoms with Crippen LogP contribution in [0.2, 0.25) is 0 Å². The molecule has 1 saturated heterocycles. The summed E-state index contributed by atoms with van der Waals surface area (Å²) >= 11 is 0. The Morgan fingerprint density at radius 2 is 1.82 bits per heavy atom. The standard InChI is InChI=1S/C14H28N2O/c1-4-6-11-16(12-7-5-2)13(17)14(3)9-8-10-15-14/h15H,4-12H2,1-3H3. The molecule has 1 fully saturated rings. The Balaban J connectivity index is 2.57. The fourth-order valence-electron chi connectivity index (χ4n) is 2.44. The maximum atomic E-state index is 12.5. The van der Waals surface area contributed by atoms with Crippen LogP contribution in [0.1, 0.15) is 59.3 Å². The van der Waals surface area contributed by atoms with E-state index in [-0.39, 0.29) is 5.54 Å². The first-order valence-electron chi connectivity index (χ1n) is 7.18. The van der Waals surface area contributed by atoms with Gasteiger partial charge in [0.05, 0.1) is 5.54 Å². The molecule has 1 rings (SSSR count). The van der Waals surface area contributed by atoms with Gasteiger partial charge in [-0.05, 0) is 39.2 Å². The molecule has 1 amide bonds. The van der Waals surface area contributed by atoms with Crippen molar-refractivity contribution < 1.29 is 4.79 Å². The van der Waals surface area contributed by atoms with Gasteiger partial charge in [-0.3, -0.25) is 4.79 Å². The molecule has 0 bridgehead atoms. The van der Waals surface area contributed by atoms with Crippen molar-refractivity contribution in [2.75, 3.05) is 19.6 Å². The van der Waals surface area contributed by atoms with E-state index < -0.39 is 0 Å². The number of nitrogens with zero attached hydrogens (tertiary/aromatic N) is 1. The summed E-state index contributed by atoms with van der Waals surface area (Å²) in [5, 5.41) is 3.37. The SMILES string of the molecule is CCCCN(CCCC)C(=O)C1(C)CCCN1. The van der Waals surface area contributed by atoms with E-state index in [1.807, 2.05) is 0 Å². The van der Waals surface area contributed by atoms with Crippen molar-refractivity contribution in [1.29, 1.82) is 0 Å². The fourth-order valence-corrected chi connectivity index (χ4v) is 2.44. The van der Waals surface area contributed by atoms with Crippen LogP contribution < -0.4 is 5.32 Å². The van der Waals surface area contributed by atoms with Crippen LogP contribution in [-0.2, 0) is 4.79 Å².